The van der Waals surface area contributed by atoms with E-state index in [0.29, 0.717) is 17.1 Å². The standard InChI is InChI=1S/C14H17FN4O/c1-3-12-14-18-17-13(19(14)7-6-16-12)10-5-4-9(20-2)8-11(10)15/h4-5,8,12,16H,3,6-7H2,1-2H3. The van der Waals surface area contributed by atoms with E-state index in [2.05, 4.69) is 22.4 Å². The first kappa shape index (κ1) is 13.1. The zero-order valence-corrected chi connectivity index (χ0v) is 11.6. The maximum absolute atomic E-state index is 14.2. The van der Waals surface area contributed by atoms with Crippen molar-refractivity contribution < 1.29 is 9.13 Å². The molecule has 2 aromatic rings. The number of methoxy groups -OCH3 is 1. The summed E-state index contributed by atoms with van der Waals surface area (Å²) in [5, 5.41) is 11.8. The lowest BCUT2D eigenvalue weighted by Gasteiger charge is -2.24. The topological polar surface area (TPSA) is 52.0 Å². The molecule has 20 heavy (non-hydrogen) atoms. The lowest BCUT2D eigenvalue weighted by atomic mass is 10.1. The van der Waals surface area contributed by atoms with Gasteiger partial charge in [0.2, 0.25) is 0 Å². The molecule has 0 spiro atoms. The summed E-state index contributed by atoms with van der Waals surface area (Å²) >= 11 is 0. The molecule has 3 rings (SSSR count). The van der Waals surface area contributed by atoms with Gasteiger partial charge in [0.05, 0.1) is 18.7 Å². The van der Waals surface area contributed by atoms with Crippen molar-refractivity contribution in [1.82, 2.24) is 20.1 Å². The second-order valence-corrected chi connectivity index (χ2v) is 4.79. The van der Waals surface area contributed by atoms with Crippen molar-refractivity contribution in [3.63, 3.8) is 0 Å². The molecule has 106 valence electrons. The van der Waals surface area contributed by atoms with Gasteiger partial charge in [-0.25, -0.2) is 4.39 Å². The Labute approximate surface area is 116 Å². The van der Waals surface area contributed by atoms with E-state index in [0.717, 1.165) is 25.3 Å². The zero-order valence-electron chi connectivity index (χ0n) is 11.6. The smallest absolute Gasteiger partial charge is 0.167 e. The molecule has 0 radical (unpaired) electrons. The van der Waals surface area contributed by atoms with Crippen molar-refractivity contribution >= 4 is 0 Å². The van der Waals surface area contributed by atoms with Gasteiger partial charge in [-0.05, 0) is 18.6 Å². The fourth-order valence-corrected chi connectivity index (χ4v) is 2.57. The fourth-order valence-electron chi connectivity index (χ4n) is 2.57. The molecule has 6 heteroatoms. The van der Waals surface area contributed by atoms with Crippen molar-refractivity contribution in [2.45, 2.75) is 25.9 Å². The van der Waals surface area contributed by atoms with Crippen LogP contribution in [0, 0.1) is 5.82 Å². The molecular weight excluding hydrogens is 259 g/mol. The molecule has 1 unspecified atom stereocenters. The molecule has 1 aromatic carbocycles. The Balaban J connectivity index is 2.05. The van der Waals surface area contributed by atoms with Gasteiger partial charge in [0, 0.05) is 19.2 Å². The summed E-state index contributed by atoms with van der Waals surface area (Å²) in [4.78, 5) is 0. The Morgan fingerprint density at radius 2 is 2.30 bits per heavy atom. The molecule has 1 aromatic heterocycles. The maximum Gasteiger partial charge on any atom is 0.167 e. The second kappa shape index (κ2) is 5.20. The summed E-state index contributed by atoms with van der Waals surface area (Å²) in [6.45, 7) is 3.68. The predicted octanol–water partition coefficient (Wildman–Crippen LogP) is 2.15. The highest BCUT2D eigenvalue weighted by atomic mass is 19.1. The van der Waals surface area contributed by atoms with Crippen molar-refractivity contribution in [2.24, 2.45) is 0 Å². The quantitative estimate of drug-likeness (QED) is 0.933. The van der Waals surface area contributed by atoms with E-state index in [9.17, 15) is 4.39 Å². The van der Waals surface area contributed by atoms with Crippen LogP contribution in [0.2, 0.25) is 0 Å². The third-order valence-electron chi connectivity index (χ3n) is 3.64. The van der Waals surface area contributed by atoms with Crippen LogP contribution in [0.1, 0.15) is 25.2 Å². The fraction of sp³-hybridized carbons (Fsp3) is 0.429. The van der Waals surface area contributed by atoms with Crippen LogP contribution < -0.4 is 10.1 Å². The normalized spacial score (nSPS) is 17.9. The number of rotatable bonds is 3. The lowest BCUT2D eigenvalue weighted by molar-refractivity contribution is 0.406. The molecule has 1 N–H and O–H groups in total. The average molecular weight is 276 g/mol. The summed E-state index contributed by atoms with van der Waals surface area (Å²) in [5.41, 5.74) is 0.460. The van der Waals surface area contributed by atoms with E-state index >= 15 is 0 Å². The third kappa shape index (κ3) is 2.06. The van der Waals surface area contributed by atoms with Crippen LogP contribution in [0.15, 0.2) is 18.2 Å². The SMILES string of the molecule is CCC1NCCn2c(-c3ccc(OC)cc3F)nnc21. The van der Waals surface area contributed by atoms with E-state index in [-0.39, 0.29) is 11.9 Å². The maximum atomic E-state index is 14.2. The first-order valence-corrected chi connectivity index (χ1v) is 6.75. The molecule has 1 aliphatic rings. The van der Waals surface area contributed by atoms with E-state index in [1.807, 2.05) is 4.57 Å². The van der Waals surface area contributed by atoms with Crippen molar-refractivity contribution in [2.75, 3.05) is 13.7 Å². The predicted molar refractivity (Wildman–Crippen MR) is 73.0 cm³/mol. The number of fused-ring (bicyclic) bond motifs is 1. The van der Waals surface area contributed by atoms with E-state index in [1.165, 1.54) is 13.2 Å². The molecule has 0 saturated carbocycles. The van der Waals surface area contributed by atoms with Gasteiger partial charge in [0.1, 0.15) is 11.6 Å². The first-order chi connectivity index (χ1) is 9.74. The summed E-state index contributed by atoms with van der Waals surface area (Å²) in [6.07, 6.45) is 0.934. The number of nitrogens with zero attached hydrogens (tertiary/aromatic N) is 3. The van der Waals surface area contributed by atoms with Crippen LogP contribution in [-0.4, -0.2) is 28.4 Å². The van der Waals surface area contributed by atoms with Crippen molar-refractivity contribution in [1.29, 1.82) is 0 Å². The minimum atomic E-state index is -0.342. The van der Waals surface area contributed by atoms with Crippen molar-refractivity contribution in [3.8, 4) is 17.1 Å². The van der Waals surface area contributed by atoms with Crippen LogP contribution >= 0.6 is 0 Å². The summed E-state index contributed by atoms with van der Waals surface area (Å²) < 4.78 is 21.2. The number of ether oxygens (including phenoxy) is 1. The highest BCUT2D eigenvalue weighted by Crippen LogP contribution is 2.28. The largest absolute Gasteiger partial charge is 0.497 e. The van der Waals surface area contributed by atoms with Gasteiger partial charge < -0.3 is 14.6 Å². The highest BCUT2D eigenvalue weighted by Gasteiger charge is 2.25. The van der Waals surface area contributed by atoms with Gasteiger partial charge in [0.25, 0.3) is 0 Å². The van der Waals surface area contributed by atoms with Gasteiger partial charge in [-0.15, -0.1) is 10.2 Å². The summed E-state index contributed by atoms with van der Waals surface area (Å²) in [5.74, 6) is 1.62. The third-order valence-corrected chi connectivity index (χ3v) is 3.64. The second-order valence-electron chi connectivity index (χ2n) is 4.79. The van der Waals surface area contributed by atoms with E-state index in [1.54, 1.807) is 12.1 Å². The van der Waals surface area contributed by atoms with E-state index < -0.39 is 0 Å². The monoisotopic (exact) mass is 276 g/mol. The minimum absolute atomic E-state index is 0.186. The van der Waals surface area contributed by atoms with Crippen LogP contribution in [0.4, 0.5) is 4.39 Å². The molecule has 2 heterocycles. The molecule has 0 saturated heterocycles. The Kier molecular flexibility index (Phi) is 3.40. The van der Waals surface area contributed by atoms with Crippen molar-refractivity contribution in [3.05, 3.63) is 29.8 Å². The Morgan fingerprint density at radius 3 is 3.00 bits per heavy atom. The number of hydrogen-bond donors (Lipinski definition) is 1. The Bertz CT molecular complexity index is 626. The molecular formula is C14H17FN4O. The van der Waals surface area contributed by atoms with E-state index in [4.69, 9.17) is 4.74 Å². The number of nitrogens with one attached hydrogen (secondary N) is 1. The number of aromatic nitrogens is 3. The van der Waals surface area contributed by atoms with Crippen LogP contribution in [0.3, 0.4) is 0 Å². The van der Waals surface area contributed by atoms with Gasteiger partial charge >= 0.3 is 0 Å². The van der Waals surface area contributed by atoms with Gasteiger partial charge in [0.15, 0.2) is 11.6 Å². The van der Waals surface area contributed by atoms with Crippen LogP contribution in [0.5, 0.6) is 5.75 Å². The average Bonchev–Trinajstić information content (AvgIpc) is 2.90. The Hall–Kier alpha value is -1.95. The van der Waals surface area contributed by atoms with Crippen LogP contribution in [0.25, 0.3) is 11.4 Å². The first-order valence-electron chi connectivity index (χ1n) is 6.75. The molecule has 1 atom stereocenters. The number of benzene rings is 1. The summed E-state index contributed by atoms with van der Waals surface area (Å²) in [6, 6.07) is 4.98. The number of hydrogen-bond acceptors (Lipinski definition) is 4. The van der Waals surface area contributed by atoms with Gasteiger partial charge in [-0.2, -0.15) is 0 Å². The minimum Gasteiger partial charge on any atom is -0.497 e. The zero-order chi connectivity index (χ0) is 14.1. The molecule has 0 fully saturated rings. The lowest BCUT2D eigenvalue weighted by Crippen LogP contribution is -2.33. The molecule has 0 amide bonds. The molecule has 0 bridgehead atoms. The van der Waals surface area contributed by atoms with Gasteiger partial charge in [-0.3, -0.25) is 0 Å². The van der Waals surface area contributed by atoms with Gasteiger partial charge in [-0.1, -0.05) is 6.92 Å². The molecule has 0 aliphatic carbocycles. The highest BCUT2D eigenvalue weighted by molar-refractivity contribution is 5.58. The summed E-state index contributed by atoms with van der Waals surface area (Å²) in [7, 11) is 1.52. The molecule has 5 nitrogen and oxygen atoms in total. The van der Waals surface area contributed by atoms with Crippen LogP contribution in [-0.2, 0) is 6.54 Å². The number of halogens is 1. The Morgan fingerprint density at radius 1 is 1.45 bits per heavy atom. The molecule has 1 aliphatic heterocycles.